The van der Waals surface area contributed by atoms with Gasteiger partial charge in [-0.1, -0.05) is 35.3 Å². The van der Waals surface area contributed by atoms with Crippen LogP contribution in [0, 0.1) is 5.82 Å². The molecule has 0 unspecified atom stereocenters. The molecule has 0 N–H and O–H groups in total. The second kappa shape index (κ2) is 12.3. The molecule has 0 spiro atoms. The first kappa shape index (κ1) is 29.5. The minimum Gasteiger partial charge on any atom is -0.334 e. The summed E-state index contributed by atoms with van der Waals surface area (Å²) in [5, 5.41) is 8.15. The first-order valence-corrected chi connectivity index (χ1v) is 17.0. The number of fused-ring (bicyclic) bond motifs is 1. The number of hydrogen-bond acceptors (Lipinski definition) is 7. The molecule has 8 nitrogen and oxygen atoms in total. The number of thioether (sulfide) groups is 1. The number of carbonyl (C=O) groups excluding carboxylic acids is 2. The summed E-state index contributed by atoms with van der Waals surface area (Å²) < 4.78 is 15.4. The zero-order valence-electron chi connectivity index (χ0n) is 23.5. The minimum absolute atomic E-state index is 0.0167. The molecule has 0 radical (unpaired) electrons. The van der Waals surface area contributed by atoms with Gasteiger partial charge in [-0.3, -0.25) is 14.5 Å². The summed E-state index contributed by atoms with van der Waals surface area (Å²) in [6.45, 7) is 4.02. The molecule has 13 heteroatoms. The monoisotopic (exact) mass is 668 g/mol. The van der Waals surface area contributed by atoms with Gasteiger partial charge in [-0.2, -0.15) is 16.9 Å². The molecule has 5 heterocycles. The number of piperazine rings is 1. The summed E-state index contributed by atoms with van der Waals surface area (Å²) >= 11 is 15.9. The molecule has 7 rings (SSSR count). The summed E-state index contributed by atoms with van der Waals surface area (Å²) in [6.07, 6.45) is 3.67. The summed E-state index contributed by atoms with van der Waals surface area (Å²) in [6, 6.07) is 11.8. The van der Waals surface area contributed by atoms with E-state index in [1.807, 2.05) is 27.3 Å². The third kappa shape index (κ3) is 5.67. The van der Waals surface area contributed by atoms with E-state index in [-0.39, 0.29) is 23.7 Å². The van der Waals surface area contributed by atoms with Gasteiger partial charge in [0.05, 0.1) is 16.4 Å². The predicted molar refractivity (Wildman–Crippen MR) is 173 cm³/mol. The Labute approximate surface area is 272 Å². The van der Waals surface area contributed by atoms with E-state index in [2.05, 4.69) is 9.88 Å². The van der Waals surface area contributed by atoms with E-state index in [4.69, 9.17) is 28.3 Å². The SMILES string of the molecule is O=C(c1nccs1)N1CCN(C2CN(C(=O)c3nn(-c4ccc(Cl)cc4Cl)c4c3CSC/C4=C\c3ccc(F)cc3)C2)CC1. The van der Waals surface area contributed by atoms with Gasteiger partial charge in [0, 0.05) is 79.0 Å². The van der Waals surface area contributed by atoms with Crippen molar-refractivity contribution < 1.29 is 14.0 Å². The molecule has 0 bridgehead atoms. The number of rotatable bonds is 5. The highest BCUT2D eigenvalue weighted by Crippen LogP contribution is 2.39. The van der Waals surface area contributed by atoms with Crippen LogP contribution >= 0.6 is 46.3 Å². The number of carbonyl (C=O) groups is 2. The van der Waals surface area contributed by atoms with Crippen LogP contribution in [0.4, 0.5) is 4.39 Å². The molecule has 2 aromatic heterocycles. The minimum atomic E-state index is -0.296. The van der Waals surface area contributed by atoms with Gasteiger partial charge in [-0.15, -0.1) is 11.3 Å². The Kier molecular flexibility index (Phi) is 8.23. The number of likely N-dealkylation sites (tertiary alicyclic amines) is 1. The van der Waals surface area contributed by atoms with Crippen LogP contribution in [0.15, 0.2) is 54.0 Å². The van der Waals surface area contributed by atoms with E-state index < -0.39 is 0 Å². The standard InChI is InChI=1S/C31H27Cl2FN6O2S2/c32-21-3-6-26(25(33)14-21)40-28-20(13-19-1-4-22(34)5-2-19)17-43-18-24(28)27(36-40)30(41)39-15-23(16-39)37-8-10-38(11-9-37)31(42)29-35-7-12-44-29/h1-7,12-14,23H,8-11,15-18H2/b20-13+. The molecule has 0 saturated carbocycles. The number of amides is 2. The maximum absolute atomic E-state index is 13.9. The number of thiazole rings is 1. The maximum Gasteiger partial charge on any atom is 0.282 e. The Hall–Kier alpha value is -3.22. The van der Waals surface area contributed by atoms with Crippen molar-refractivity contribution in [2.45, 2.75) is 11.8 Å². The van der Waals surface area contributed by atoms with Gasteiger partial charge in [-0.05, 0) is 47.5 Å². The van der Waals surface area contributed by atoms with Crippen LogP contribution in [0.1, 0.15) is 37.1 Å². The first-order valence-electron chi connectivity index (χ1n) is 14.2. The van der Waals surface area contributed by atoms with Gasteiger partial charge in [0.1, 0.15) is 5.82 Å². The normalized spacial score (nSPS) is 18.4. The van der Waals surface area contributed by atoms with Crippen LogP contribution in [-0.2, 0) is 5.75 Å². The van der Waals surface area contributed by atoms with Crippen molar-refractivity contribution in [3.8, 4) is 5.69 Å². The van der Waals surface area contributed by atoms with Crippen LogP contribution in [-0.4, -0.2) is 92.3 Å². The van der Waals surface area contributed by atoms with Gasteiger partial charge in [0.2, 0.25) is 0 Å². The molecule has 226 valence electrons. The highest BCUT2D eigenvalue weighted by atomic mass is 35.5. The lowest BCUT2D eigenvalue weighted by Crippen LogP contribution is -2.64. The van der Waals surface area contributed by atoms with Crippen LogP contribution < -0.4 is 0 Å². The van der Waals surface area contributed by atoms with E-state index in [1.54, 1.807) is 46.9 Å². The van der Waals surface area contributed by atoms with E-state index in [1.165, 1.54) is 23.5 Å². The molecule has 0 aliphatic carbocycles. The van der Waals surface area contributed by atoms with E-state index in [9.17, 15) is 14.0 Å². The smallest absolute Gasteiger partial charge is 0.282 e. The van der Waals surface area contributed by atoms with Crippen molar-refractivity contribution in [1.82, 2.24) is 29.5 Å². The molecule has 2 fully saturated rings. The van der Waals surface area contributed by atoms with Gasteiger partial charge < -0.3 is 9.80 Å². The van der Waals surface area contributed by atoms with Crippen LogP contribution in [0.2, 0.25) is 10.0 Å². The molecule has 3 aliphatic rings. The molecule has 2 amide bonds. The lowest BCUT2D eigenvalue weighted by molar-refractivity contribution is 0.00816. The summed E-state index contributed by atoms with van der Waals surface area (Å²) in [5.41, 5.74) is 4.58. The number of aromatic nitrogens is 3. The molecular weight excluding hydrogens is 642 g/mol. The Morgan fingerprint density at radius 2 is 1.73 bits per heavy atom. The molecule has 3 aliphatic heterocycles. The van der Waals surface area contributed by atoms with Crippen molar-refractivity contribution in [2.75, 3.05) is 45.0 Å². The molecule has 0 atom stereocenters. The fourth-order valence-electron chi connectivity index (χ4n) is 5.87. The van der Waals surface area contributed by atoms with Crippen LogP contribution in [0.3, 0.4) is 0 Å². The lowest BCUT2D eigenvalue weighted by atomic mass is 10.0. The second-order valence-electron chi connectivity index (χ2n) is 10.9. The third-order valence-corrected chi connectivity index (χ3v) is 10.5. The zero-order chi connectivity index (χ0) is 30.4. The zero-order valence-corrected chi connectivity index (χ0v) is 26.6. The number of benzene rings is 2. The molecule has 2 aromatic carbocycles. The Balaban J connectivity index is 1.12. The van der Waals surface area contributed by atoms with Gasteiger partial charge in [0.15, 0.2) is 10.7 Å². The van der Waals surface area contributed by atoms with Crippen molar-refractivity contribution >= 4 is 69.8 Å². The van der Waals surface area contributed by atoms with Crippen molar-refractivity contribution in [3.63, 3.8) is 0 Å². The molecule has 2 saturated heterocycles. The van der Waals surface area contributed by atoms with Crippen molar-refractivity contribution in [1.29, 1.82) is 0 Å². The lowest BCUT2D eigenvalue weighted by Gasteiger charge is -2.47. The predicted octanol–water partition coefficient (Wildman–Crippen LogP) is 5.84. The summed E-state index contributed by atoms with van der Waals surface area (Å²) in [4.78, 5) is 36.8. The Morgan fingerprint density at radius 3 is 2.43 bits per heavy atom. The Bertz CT molecular complexity index is 1750. The summed E-state index contributed by atoms with van der Waals surface area (Å²) in [7, 11) is 0. The van der Waals surface area contributed by atoms with Gasteiger partial charge >= 0.3 is 0 Å². The quantitative estimate of drug-likeness (QED) is 0.266. The van der Waals surface area contributed by atoms with Crippen molar-refractivity contribution in [2.24, 2.45) is 0 Å². The Morgan fingerprint density at radius 1 is 0.955 bits per heavy atom. The first-order chi connectivity index (χ1) is 21.4. The molecular formula is C31H27Cl2FN6O2S2. The topological polar surface area (TPSA) is 74.6 Å². The van der Waals surface area contributed by atoms with Crippen molar-refractivity contribution in [3.05, 3.63) is 97.4 Å². The fourth-order valence-corrected chi connectivity index (χ4v) is 7.98. The highest BCUT2D eigenvalue weighted by Gasteiger charge is 2.40. The average molecular weight is 670 g/mol. The summed E-state index contributed by atoms with van der Waals surface area (Å²) in [5.74, 6) is 0.919. The molecule has 44 heavy (non-hydrogen) atoms. The number of nitrogens with zero attached hydrogens (tertiary/aromatic N) is 6. The fraction of sp³-hybridized carbons (Fsp3) is 0.290. The third-order valence-electron chi connectivity index (χ3n) is 8.23. The van der Waals surface area contributed by atoms with E-state index >= 15 is 0 Å². The van der Waals surface area contributed by atoms with E-state index in [0.29, 0.717) is 64.1 Å². The van der Waals surface area contributed by atoms with Crippen LogP contribution in [0.5, 0.6) is 0 Å². The molecule has 4 aromatic rings. The highest BCUT2D eigenvalue weighted by molar-refractivity contribution is 7.99. The average Bonchev–Trinajstić information content (AvgIpc) is 3.67. The van der Waals surface area contributed by atoms with Crippen LogP contribution in [0.25, 0.3) is 17.3 Å². The van der Waals surface area contributed by atoms with Gasteiger partial charge in [-0.25, -0.2) is 14.1 Å². The second-order valence-corrected chi connectivity index (χ2v) is 13.7. The number of hydrogen-bond donors (Lipinski definition) is 0. The van der Waals surface area contributed by atoms with Gasteiger partial charge in [0.25, 0.3) is 11.8 Å². The number of halogens is 3. The van der Waals surface area contributed by atoms with E-state index in [0.717, 1.165) is 35.5 Å². The largest absolute Gasteiger partial charge is 0.334 e. The maximum atomic E-state index is 13.9.